The van der Waals surface area contributed by atoms with Crippen LogP contribution in [-0.4, -0.2) is 19.0 Å². The molecular weight excluding hydrogens is 260 g/mol. The zero-order chi connectivity index (χ0) is 14.7. The number of carbonyl (C=O) groups excluding carboxylic acids is 1. The zero-order valence-corrected chi connectivity index (χ0v) is 12.3. The molecular formula is C18H20N2O. The summed E-state index contributed by atoms with van der Waals surface area (Å²) in [7, 11) is 0. The zero-order valence-electron chi connectivity index (χ0n) is 12.3. The number of aryl methyl sites for hydroxylation is 1. The van der Waals surface area contributed by atoms with E-state index in [1.165, 1.54) is 16.7 Å². The summed E-state index contributed by atoms with van der Waals surface area (Å²) in [5.74, 6) is -0.000784. The molecule has 3 heteroatoms. The van der Waals surface area contributed by atoms with Crippen LogP contribution in [0.1, 0.15) is 27.0 Å². The summed E-state index contributed by atoms with van der Waals surface area (Å²) >= 11 is 0. The predicted octanol–water partition coefficient (Wildman–Crippen LogP) is 2.94. The highest BCUT2D eigenvalue weighted by Crippen LogP contribution is 2.23. The summed E-state index contributed by atoms with van der Waals surface area (Å²) in [4.78, 5) is 12.2. The fourth-order valence-corrected chi connectivity index (χ4v) is 2.72. The summed E-state index contributed by atoms with van der Waals surface area (Å²) in [6.07, 6.45) is 1.90. The summed E-state index contributed by atoms with van der Waals surface area (Å²) in [5.41, 5.74) is 5.63. The number of fused-ring (bicyclic) bond motifs is 1. The van der Waals surface area contributed by atoms with E-state index < -0.39 is 0 Å². The molecule has 0 fully saturated rings. The van der Waals surface area contributed by atoms with E-state index in [1.807, 2.05) is 18.2 Å². The van der Waals surface area contributed by atoms with Gasteiger partial charge in [0.05, 0.1) is 0 Å². The van der Waals surface area contributed by atoms with Crippen molar-refractivity contribution in [3.63, 3.8) is 0 Å². The quantitative estimate of drug-likeness (QED) is 0.904. The van der Waals surface area contributed by atoms with Crippen LogP contribution < -0.4 is 10.6 Å². The Kier molecular flexibility index (Phi) is 3.91. The highest BCUT2D eigenvalue weighted by Gasteiger charge is 2.13. The second kappa shape index (κ2) is 6.00. The normalized spacial score (nSPS) is 12.6. The first-order chi connectivity index (χ1) is 10.2. The minimum absolute atomic E-state index is 0.000784. The molecule has 1 amide bonds. The average molecular weight is 280 g/mol. The third-order valence-corrected chi connectivity index (χ3v) is 3.86. The molecule has 2 aromatic rings. The maximum atomic E-state index is 12.2. The number of hydrogen-bond acceptors (Lipinski definition) is 2. The molecule has 2 aromatic carbocycles. The molecule has 0 saturated carbocycles. The summed E-state index contributed by atoms with van der Waals surface area (Å²) < 4.78 is 0. The van der Waals surface area contributed by atoms with Crippen LogP contribution in [0.15, 0.2) is 42.5 Å². The molecule has 108 valence electrons. The summed E-state index contributed by atoms with van der Waals surface area (Å²) in [6.45, 7) is 3.71. The van der Waals surface area contributed by atoms with Crippen LogP contribution in [0.4, 0.5) is 5.69 Å². The van der Waals surface area contributed by atoms with E-state index in [4.69, 9.17) is 0 Å². The number of benzene rings is 2. The largest absolute Gasteiger partial charge is 0.384 e. The fraction of sp³-hybridized carbons (Fsp3) is 0.278. The van der Waals surface area contributed by atoms with Crippen LogP contribution in [0.25, 0.3) is 0 Å². The molecule has 0 atom stereocenters. The first-order valence-corrected chi connectivity index (χ1v) is 7.43. The number of rotatable bonds is 4. The number of nitrogens with one attached hydrogen (secondary N) is 2. The van der Waals surface area contributed by atoms with Gasteiger partial charge in [-0.1, -0.05) is 35.9 Å². The molecule has 1 aliphatic rings. The van der Waals surface area contributed by atoms with E-state index in [9.17, 15) is 4.79 Å². The molecule has 0 unspecified atom stereocenters. The van der Waals surface area contributed by atoms with Gasteiger partial charge in [0.2, 0.25) is 0 Å². The summed E-state index contributed by atoms with van der Waals surface area (Å²) in [5, 5.41) is 6.29. The molecule has 0 aliphatic carbocycles. The molecule has 0 bridgehead atoms. The van der Waals surface area contributed by atoms with Crippen molar-refractivity contribution in [2.45, 2.75) is 19.8 Å². The van der Waals surface area contributed by atoms with Gasteiger partial charge < -0.3 is 10.6 Å². The van der Waals surface area contributed by atoms with Crippen molar-refractivity contribution in [3.05, 3.63) is 64.7 Å². The Hall–Kier alpha value is -2.29. The molecule has 0 aromatic heterocycles. The minimum Gasteiger partial charge on any atom is -0.384 e. The van der Waals surface area contributed by atoms with Crippen molar-refractivity contribution in [1.29, 1.82) is 0 Å². The van der Waals surface area contributed by atoms with Gasteiger partial charge in [0.25, 0.3) is 5.91 Å². The van der Waals surface area contributed by atoms with E-state index in [2.05, 4.69) is 41.8 Å². The van der Waals surface area contributed by atoms with Crippen molar-refractivity contribution < 1.29 is 4.79 Å². The topological polar surface area (TPSA) is 41.1 Å². The number of anilines is 1. The molecule has 0 radical (unpaired) electrons. The van der Waals surface area contributed by atoms with E-state index in [0.717, 1.165) is 30.6 Å². The average Bonchev–Trinajstić information content (AvgIpc) is 2.94. The van der Waals surface area contributed by atoms with Crippen LogP contribution >= 0.6 is 0 Å². The second-order valence-electron chi connectivity index (χ2n) is 5.54. The van der Waals surface area contributed by atoms with Crippen LogP contribution in [0.3, 0.4) is 0 Å². The minimum atomic E-state index is -0.000784. The molecule has 1 heterocycles. The van der Waals surface area contributed by atoms with Crippen LogP contribution in [0, 0.1) is 6.92 Å². The molecule has 3 rings (SSSR count). The smallest absolute Gasteiger partial charge is 0.251 e. The molecule has 2 N–H and O–H groups in total. The lowest BCUT2D eigenvalue weighted by molar-refractivity contribution is 0.0954. The van der Waals surface area contributed by atoms with E-state index in [0.29, 0.717) is 6.54 Å². The highest BCUT2D eigenvalue weighted by molar-refractivity contribution is 5.95. The molecule has 0 saturated heterocycles. The maximum absolute atomic E-state index is 12.2. The number of carbonyl (C=O) groups is 1. The standard InChI is InChI=1S/C18H20N2O/c1-13-3-2-4-14(11-13)7-9-20-18(21)16-6-5-15-8-10-19-17(15)12-16/h2-6,11-12,19H,7-10H2,1H3,(H,20,21). The van der Waals surface area contributed by atoms with Crippen molar-refractivity contribution in [2.24, 2.45) is 0 Å². The third kappa shape index (κ3) is 3.24. The fourth-order valence-electron chi connectivity index (χ4n) is 2.72. The Labute approximate surface area is 125 Å². The van der Waals surface area contributed by atoms with Gasteiger partial charge in [-0.2, -0.15) is 0 Å². The van der Waals surface area contributed by atoms with Crippen LogP contribution in [0.5, 0.6) is 0 Å². The van der Waals surface area contributed by atoms with Gasteiger partial charge in [-0.15, -0.1) is 0 Å². The van der Waals surface area contributed by atoms with E-state index >= 15 is 0 Å². The molecule has 3 nitrogen and oxygen atoms in total. The van der Waals surface area contributed by atoms with Gasteiger partial charge in [0.15, 0.2) is 0 Å². The Balaban J connectivity index is 1.57. The highest BCUT2D eigenvalue weighted by atomic mass is 16.1. The molecule has 21 heavy (non-hydrogen) atoms. The monoisotopic (exact) mass is 280 g/mol. The third-order valence-electron chi connectivity index (χ3n) is 3.86. The van der Waals surface area contributed by atoms with Crippen molar-refractivity contribution in [1.82, 2.24) is 5.32 Å². The Morgan fingerprint density at radius 1 is 1.24 bits per heavy atom. The van der Waals surface area contributed by atoms with Crippen molar-refractivity contribution in [3.8, 4) is 0 Å². The number of amides is 1. The van der Waals surface area contributed by atoms with Crippen molar-refractivity contribution in [2.75, 3.05) is 18.4 Å². The van der Waals surface area contributed by atoms with Gasteiger partial charge in [-0.3, -0.25) is 4.79 Å². The predicted molar refractivity (Wildman–Crippen MR) is 85.9 cm³/mol. The lowest BCUT2D eigenvalue weighted by Gasteiger charge is -2.07. The van der Waals surface area contributed by atoms with Crippen LogP contribution in [0.2, 0.25) is 0 Å². The Morgan fingerprint density at radius 2 is 2.14 bits per heavy atom. The van der Waals surface area contributed by atoms with E-state index in [-0.39, 0.29) is 5.91 Å². The van der Waals surface area contributed by atoms with Crippen LogP contribution in [-0.2, 0) is 12.8 Å². The second-order valence-corrected chi connectivity index (χ2v) is 5.54. The lowest BCUT2D eigenvalue weighted by Crippen LogP contribution is -2.25. The van der Waals surface area contributed by atoms with Gasteiger partial charge in [-0.05, 0) is 43.0 Å². The molecule has 0 spiro atoms. The lowest BCUT2D eigenvalue weighted by atomic mass is 10.1. The maximum Gasteiger partial charge on any atom is 0.251 e. The summed E-state index contributed by atoms with van der Waals surface area (Å²) in [6, 6.07) is 14.3. The first-order valence-electron chi connectivity index (χ1n) is 7.43. The Bertz CT molecular complexity index is 664. The SMILES string of the molecule is Cc1cccc(CCNC(=O)c2ccc3c(c2)NCC3)c1. The van der Waals surface area contributed by atoms with E-state index in [1.54, 1.807) is 0 Å². The molecule has 1 aliphatic heterocycles. The first kappa shape index (κ1) is 13.7. The Morgan fingerprint density at radius 3 is 3.00 bits per heavy atom. The van der Waals surface area contributed by atoms with Gasteiger partial charge in [-0.25, -0.2) is 0 Å². The van der Waals surface area contributed by atoms with Gasteiger partial charge in [0.1, 0.15) is 0 Å². The van der Waals surface area contributed by atoms with Crippen molar-refractivity contribution >= 4 is 11.6 Å². The van der Waals surface area contributed by atoms with Gasteiger partial charge >= 0.3 is 0 Å². The van der Waals surface area contributed by atoms with Gasteiger partial charge in [0, 0.05) is 24.3 Å². The number of hydrogen-bond donors (Lipinski definition) is 2.